The highest BCUT2D eigenvalue weighted by molar-refractivity contribution is 5.20. The van der Waals surface area contributed by atoms with Crippen molar-refractivity contribution in [2.45, 2.75) is 83.2 Å². The van der Waals surface area contributed by atoms with E-state index in [0.717, 1.165) is 12.0 Å². The first kappa shape index (κ1) is 15.6. The molecule has 0 aliphatic heterocycles. The summed E-state index contributed by atoms with van der Waals surface area (Å²) in [7, 11) is 0. The summed E-state index contributed by atoms with van der Waals surface area (Å²) in [6.07, 6.45) is 10.8. The minimum absolute atomic E-state index is 0.694. The molecule has 0 bridgehead atoms. The summed E-state index contributed by atoms with van der Waals surface area (Å²) in [5, 5.41) is 3.85. The number of hydrogen-bond acceptors (Lipinski definition) is 1. The van der Waals surface area contributed by atoms with E-state index in [9.17, 15) is 0 Å². The van der Waals surface area contributed by atoms with Gasteiger partial charge in [0.05, 0.1) is 0 Å². The summed E-state index contributed by atoms with van der Waals surface area (Å²) in [4.78, 5) is 0. The van der Waals surface area contributed by atoms with Gasteiger partial charge in [-0.05, 0) is 50.5 Å². The minimum atomic E-state index is 0.694. The third kappa shape index (κ3) is 4.94. The molecule has 0 amide bonds. The third-order valence-electron chi connectivity index (χ3n) is 4.76. The van der Waals surface area contributed by atoms with E-state index < -0.39 is 0 Å². The van der Waals surface area contributed by atoms with Gasteiger partial charge < -0.3 is 5.32 Å². The second-order valence-corrected chi connectivity index (χ2v) is 6.52. The van der Waals surface area contributed by atoms with Crippen LogP contribution in [-0.4, -0.2) is 12.1 Å². The van der Waals surface area contributed by atoms with Crippen molar-refractivity contribution in [1.82, 2.24) is 5.32 Å². The van der Waals surface area contributed by atoms with Crippen LogP contribution in [0.2, 0.25) is 0 Å². The van der Waals surface area contributed by atoms with Gasteiger partial charge >= 0.3 is 0 Å². The predicted molar refractivity (Wildman–Crippen MR) is 88.2 cm³/mol. The summed E-state index contributed by atoms with van der Waals surface area (Å²) in [6.45, 7) is 4.64. The zero-order valence-corrected chi connectivity index (χ0v) is 13.3. The summed E-state index contributed by atoms with van der Waals surface area (Å²) >= 11 is 0. The molecule has 2 rings (SSSR count). The Kier molecular flexibility index (Phi) is 6.59. The van der Waals surface area contributed by atoms with Crippen LogP contribution in [0.15, 0.2) is 30.3 Å². The molecule has 1 atom stereocenters. The third-order valence-corrected chi connectivity index (χ3v) is 4.76. The Labute approximate surface area is 125 Å². The van der Waals surface area contributed by atoms with Crippen molar-refractivity contribution in [3.63, 3.8) is 0 Å². The molecule has 1 aliphatic rings. The molecule has 0 heterocycles. The largest absolute Gasteiger partial charge is 0.312 e. The highest BCUT2D eigenvalue weighted by Crippen LogP contribution is 2.32. The molecule has 1 aromatic rings. The van der Waals surface area contributed by atoms with Gasteiger partial charge in [0, 0.05) is 12.1 Å². The van der Waals surface area contributed by atoms with Crippen molar-refractivity contribution in [2.24, 2.45) is 0 Å². The van der Waals surface area contributed by atoms with E-state index in [0.29, 0.717) is 6.04 Å². The molecule has 1 nitrogen and oxygen atoms in total. The molecule has 1 unspecified atom stereocenters. The fraction of sp³-hybridized carbons (Fsp3) is 0.684. The van der Waals surface area contributed by atoms with Crippen molar-refractivity contribution in [3.05, 3.63) is 35.9 Å². The Morgan fingerprint density at radius 3 is 2.40 bits per heavy atom. The van der Waals surface area contributed by atoms with Crippen molar-refractivity contribution in [1.29, 1.82) is 0 Å². The molecule has 1 fully saturated rings. The van der Waals surface area contributed by atoms with Gasteiger partial charge in [-0.15, -0.1) is 0 Å². The lowest BCUT2D eigenvalue weighted by molar-refractivity contribution is 0.311. The topological polar surface area (TPSA) is 12.0 Å². The van der Waals surface area contributed by atoms with E-state index in [2.05, 4.69) is 49.5 Å². The first-order chi connectivity index (χ1) is 9.79. The smallest absolute Gasteiger partial charge is 0.00699 e. The average Bonchev–Trinajstić information content (AvgIpc) is 2.49. The zero-order chi connectivity index (χ0) is 14.2. The quantitative estimate of drug-likeness (QED) is 0.667. The van der Waals surface area contributed by atoms with Crippen LogP contribution in [0, 0.1) is 0 Å². The molecule has 1 heteroatoms. The summed E-state index contributed by atoms with van der Waals surface area (Å²) in [6, 6.07) is 12.5. The van der Waals surface area contributed by atoms with Gasteiger partial charge in [0.15, 0.2) is 0 Å². The minimum Gasteiger partial charge on any atom is -0.312 e. The first-order valence-corrected chi connectivity index (χ1v) is 8.60. The van der Waals surface area contributed by atoms with Gasteiger partial charge in [0.2, 0.25) is 0 Å². The highest BCUT2D eigenvalue weighted by Gasteiger charge is 2.22. The number of nitrogens with one attached hydrogen (secondary N) is 1. The van der Waals surface area contributed by atoms with Crippen LogP contribution in [0.5, 0.6) is 0 Å². The summed E-state index contributed by atoms with van der Waals surface area (Å²) in [5.41, 5.74) is 1.54. The van der Waals surface area contributed by atoms with Crippen LogP contribution in [-0.2, 0) is 0 Å². The lowest BCUT2D eigenvalue weighted by Gasteiger charge is -2.31. The van der Waals surface area contributed by atoms with Crippen molar-refractivity contribution >= 4 is 0 Å². The summed E-state index contributed by atoms with van der Waals surface area (Å²) < 4.78 is 0. The van der Waals surface area contributed by atoms with Crippen LogP contribution < -0.4 is 5.32 Å². The van der Waals surface area contributed by atoms with Gasteiger partial charge in [-0.25, -0.2) is 0 Å². The fourth-order valence-corrected chi connectivity index (χ4v) is 3.50. The van der Waals surface area contributed by atoms with Crippen LogP contribution >= 0.6 is 0 Å². The Bertz CT molecular complexity index is 351. The Balaban J connectivity index is 1.69. The van der Waals surface area contributed by atoms with Crippen LogP contribution in [0.3, 0.4) is 0 Å². The lowest BCUT2D eigenvalue weighted by atomic mass is 9.81. The monoisotopic (exact) mass is 273 g/mol. The Morgan fingerprint density at radius 2 is 1.75 bits per heavy atom. The van der Waals surface area contributed by atoms with Gasteiger partial charge in [-0.2, -0.15) is 0 Å². The second kappa shape index (κ2) is 8.46. The van der Waals surface area contributed by atoms with Gasteiger partial charge in [-0.1, -0.05) is 56.5 Å². The van der Waals surface area contributed by atoms with E-state index in [1.54, 1.807) is 5.56 Å². The van der Waals surface area contributed by atoms with E-state index >= 15 is 0 Å². The zero-order valence-electron chi connectivity index (χ0n) is 13.3. The molecule has 0 saturated heterocycles. The van der Waals surface area contributed by atoms with Crippen LogP contribution in [0.25, 0.3) is 0 Å². The van der Waals surface area contributed by atoms with E-state index in [4.69, 9.17) is 0 Å². The number of rotatable bonds is 7. The molecule has 0 aromatic heterocycles. The molecule has 0 radical (unpaired) electrons. The van der Waals surface area contributed by atoms with Crippen LogP contribution in [0.4, 0.5) is 0 Å². The van der Waals surface area contributed by atoms with E-state index in [-0.39, 0.29) is 0 Å². The molecular weight excluding hydrogens is 242 g/mol. The Morgan fingerprint density at radius 1 is 1.05 bits per heavy atom. The normalized spacial score (nSPS) is 24.5. The molecule has 112 valence electrons. The molecule has 1 N–H and O–H groups in total. The van der Waals surface area contributed by atoms with Gasteiger partial charge in [0.1, 0.15) is 0 Å². The van der Waals surface area contributed by atoms with E-state index in [1.165, 1.54) is 51.4 Å². The molecule has 1 aromatic carbocycles. The van der Waals surface area contributed by atoms with E-state index in [1.807, 2.05) is 0 Å². The van der Waals surface area contributed by atoms with Crippen molar-refractivity contribution in [2.75, 3.05) is 0 Å². The highest BCUT2D eigenvalue weighted by atomic mass is 14.9. The molecule has 1 aliphatic carbocycles. The maximum absolute atomic E-state index is 3.85. The molecular formula is C19H31N. The fourth-order valence-electron chi connectivity index (χ4n) is 3.50. The van der Waals surface area contributed by atoms with Gasteiger partial charge in [0.25, 0.3) is 0 Å². The van der Waals surface area contributed by atoms with Crippen molar-refractivity contribution in [3.8, 4) is 0 Å². The number of unbranched alkanes of at least 4 members (excludes halogenated alkanes) is 2. The van der Waals surface area contributed by atoms with Crippen molar-refractivity contribution < 1.29 is 0 Å². The number of hydrogen-bond donors (Lipinski definition) is 1. The molecule has 1 saturated carbocycles. The molecule has 0 spiro atoms. The maximum Gasteiger partial charge on any atom is 0.00699 e. The predicted octanol–water partition coefficient (Wildman–Crippen LogP) is 5.27. The number of benzene rings is 1. The van der Waals surface area contributed by atoms with Crippen LogP contribution in [0.1, 0.15) is 76.7 Å². The average molecular weight is 273 g/mol. The maximum atomic E-state index is 3.85. The SMILES string of the molecule is CCCCCC(C)NC1CCC(c2ccccc2)CC1. The molecule has 20 heavy (non-hydrogen) atoms. The second-order valence-electron chi connectivity index (χ2n) is 6.52. The lowest BCUT2D eigenvalue weighted by Crippen LogP contribution is -2.38. The van der Waals surface area contributed by atoms with Gasteiger partial charge in [-0.3, -0.25) is 0 Å². The first-order valence-electron chi connectivity index (χ1n) is 8.60. The Hall–Kier alpha value is -0.820. The summed E-state index contributed by atoms with van der Waals surface area (Å²) in [5.74, 6) is 0.796. The standard InChI is InChI=1S/C19H31N/c1-3-4-6-9-16(2)20-19-14-12-18(13-15-19)17-10-7-5-8-11-17/h5,7-8,10-11,16,18-20H,3-4,6,9,12-15H2,1-2H3.